The summed E-state index contributed by atoms with van der Waals surface area (Å²) < 4.78 is 0. The number of thiazole rings is 1. The van der Waals surface area contributed by atoms with Crippen molar-refractivity contribution in [2.45, 2.75) is 18.9 Å². The Balaban J connectivity index is 1.52. The van der Waals surface area contributed by atoms with E-state index in [9.17, 15) is 4.79 Å². The lowest BCUT2D eigenvalue weighted by Gasteiger charge is -2.34. The zero-order valence-electron chi connectivity index (χ0n) is 15.6. The highest BCUT2D eigenvalue weighted by atomic mass is 32.1. The van der Waals surface area contributed by atoms with E-state index in [1.807, 2.05) is 40.6 Å². The number of carbonyl (C=O) groups excluding carboxylic acids is 1. The molecular formula is C20H23N5OS. The average Bonchev–Trinajstić information content (AvgIpc) is 3.37. The van der Waals surface area contributed by atoms with Crippen molar-refractivity contribution < 1.29 is 4.79 Å². The normalized spacial score (nSPS) is 15.4. The molecule has 7 heteroatoms. The second-order valence-electron chi connectivity index (χ2n) is 7.05. The number of hydrogen-bond donors (Lipinski definition) is 1. The summed E-state index contributed by atoms with van der Waals surface area (Å²) in [6.07, 6.45) is 3.79. The molecule has 3 aromatic rings. The van der Waals surface area contributed by atoms with Gasteiger partial charge in [-0.2, -0.15) is 5.10 Å². The number of piperidine rings is 1. The van der Waals surface area contributed by atoms with E-state index in [2.05, 4.69) is 34.2 Å². The Morgan fingerprint density at radius 3 is 2.67 bits per heavy atom. The van der Waals surface area contributed by atoms with E-state index in [1.165, 1.54) is 11.3 Å². The van der Waals surface area contributed by atoms with Crippen molar-refractivity contribution in [3.05, 3.63) is 47.6 Å². The van der Waals surface area contributed by atoms with E-state index in [1.54, 1.807) is 6.20 Å². The molecule has 0 bridgehead atoms. The zero-order valence-corrected chi connectivity index (χ0v) is 16.4. The fourth-order valence-electron chi connectivity index (χ4n) is 3.52. The third kappa shape index (κ3) is 3.65. The van der Waals surface area contributed by atoms with Crippen LogP contribution in [-0.2, 0) is 0 Å². The predicted octanol–water partition coefficient (Wildman–Crippen LogP) is 3.37. The van der Waals surface area contributed by atoms with Gasteiger partial charge in [0.15, 0.2) is 0 Å². The maximum atomic E-state index is 12.8. The highest BCUT2D eigenvalue weighted by Gasteiger charge is 2.26. The van der Waals surface area contributed by atoms with Gasteiger partial charge in [-0.25, -0.2) is 4.98 Å². The van der Waals surface area contributed by atoms with Gasteiger partial charge < -0.3 is 9.80 Å². The summed E-state index contributed by atoms with van der Waals surface area (Å²) in [5, 5.41) is 9.91. The number of carbonyl (C=O) groups is 1. The van der Waals surface area contributed by atoms with Gasteiger partial charge in [-0.1, -0.05) is 30.3 Å². The first-order chi connectivity index (χ1) is 13.1. The van der Waals surface area contributed by atoms with Crippen LogP contribution in [0, 0.1) is 0 Å². The lowest BCUT2D eigenvalue weighted by molar-refractivity contribution is 0.0658. The lowest BCUT2D eigenvalue weighted by atomic mass is 10.0. The Morgan fingerprint density at radius 1 is 1.22 bits per heavy atom. The summed E-state index contributed by atoms with van der Waals surface area (Å²) in [4.78, 5) is 21.6. The minimum Gasteiger partial charge on any atom is -0.337 e. The van der Waals surface area contributed by atoms with Crippen molar-refractivity contribution in [2.75, 3.05) is 27.2 Å². The highest BCUT2D eigenvalue weighted by Crippen LogP contribution is 2.32. The smallest absolute Gasteiger partial charge is 0.273 e. The van der Waals surface area contributed by atoms with Crippen molar-refractivity contribution in [3.8, 4) is 21.8 Å². The Kier molecular flexibility index (Phi) is 5.05. The van der Waals surface area contributed by atoms with Crippen molar-refractivity contribution in [2.24, 2.45) is 0 Å². The molecule has 0 unspecified atom stereocenters. The fourth-order valence-corrected chi connectivity index (χ4v) is 4.33. The number of nitrogens with zero attached hydrogens (tertiary/aromatic N) is 4. The minimum atomic E-state index is 0.0273. The number of rotatable bonds is 4. The van der Waals surface area contributed by atoms with E-state index in [0.29, 0.717) is 11.7 Å². The second kappa shape index (κ2) is 7.62. The predicted molar refractivity (Wildman–Crippen MR) is 108 cm³/mol. The largest absolute Gasteiger partial charge is 0.337 e. The molecule has 1 aromatic carbocycles. The number of aromatic amines is 1. The standard InChI is InChI=1S/C20H23N5OS/c1-24(2)15-8-10-25(11-9-15)20(26)17-13-27-19(22-17)16-12-21-23-18(16)14-6-4-3-5-7-14/h3-7,12-13,15H,8-11H2,1-2H3,(H,21,23). The zero-order chi connectivity index (χ0) is 18.8. The van der Waals surface area contributed by atoms with Gasteiger partial charge in [0, 0.05) is 30.1 Å². The molecule has 1 fully saturated rings. The van der Waals surface area contributed by atoms with E-state index in [-0.39, 0.29) is 5.91 Å². The molecule has 0 saturated carbocycles. The van der Waals surface area contributed by atoms with Gasteiger partial charge in [-0.05, 0) is 26.9 Å². The molecule has 1 saturated heterocycles. The summed E-state index contributed by atoms with van der Waals surface area (Å²) in [5.74, 6) is 0.0273. The molecule has 1 N–H and O–H groups in total. The molecule has 4 rings (SSSR count). The van der Waals surface area contributed by atoms with Gasteiger partial charge in [0.25, 0.3) is 5.91 Å². The molecule has 2 aromatic heterocycles. The molecule has 3 heterocycles. The molecule has 27 heavy (non-hydrogen) atoms. The van der Waals surface area contributed by atoms with Crippen LogP contribution >= 0.6 is 11.3 Å². The number of amides is 1. The van der Waals surface area contributed by atoms with Crippen LogP contribution in [0.25, 0.3) is 21.8 Å². The SMILES string of the molecule is CN(C)C1CCN(C(=O)c2csc(-c3cn[nH]c3-c3ccccc3)n2)CC1. The van der Waals surface area contributed by atoms with Crippen LogP contribution in [0.1, 0.15) is 23.3 Å². The highest BCUT2D eigenvalue weighted by molar-refractivity contribution is 7.13. The van der Waals surface area contributed by atoms with Crippen LogP contribution in [0.3, 0.4) is 0 Å². The third-order valence-electron chi connectivity index (χ3n) is 5.14. The second-order valence-corrected chi connectivity index (χ2v) is 7.91. The Labute approximate surface area is 162 Å². The summed E-state index contributed by atoms with van der Waals surface area (Å²) in [5.41, 5.74) is 3.43. The van der Waals surface area contributed by atoms with Crippen LogP contribution in [0.5, 0.6) is 0 Å². The molecule has 1 aliphatic rings. The molecule has 140 valence electrons. The fraction of sp³-hybridized carbons (Fsp3) is 0.350. The maximum Gasteiger partial charge on any atom is 0.273 e. The van der Waals surface area contributed by atoms with E-state index < -0.39 is 0 Å². The quantitative estimate of drug-likeness (QED) is 0.753. The number of likely N-dealkylation sites (tertiary alicyclic amines) is 1. The number of aromatic nitrogens is 3. The van der Waals surface area contributed by atoms with Crippen LogP contribution in [-0.4, -0.2) is 64.1 Å². The molecule has 1 amide bonds. The van der Waals surface area contributed by atoms with Crippen LogP contribution < -0.4 is 0 Å². The van der Waals surface area contributed by atoms with Gasteiger partial charge in [0.05, 0.1) is 17.5 Å². The molecular weight excluding hydrogens is 358 g/mol. The average molecular weight is 382 g/mol. The summed E-state index contributed by atoms with van der Waals surface area (Å²) in [6.45, 7) is 1.57. The molecule has 6 nitrogen and oxygen atoms in total. The van der Waals surface area contributed by atoms with Crippen LogP contribution in [0.4, 0.5) is 0 Å². The van der Waals surface area contributed by atoms with Gasteiger partial charge >= 0.3 is 0 Å². The first-order valence-electron chi connectivity index (χ1n) is 9.14. The van der Waals surface area contributed by atoms with Gasteiger partial charge in [0.1, 0.15) is 10.7 Å². The molecule has 0 radical (unpaired) electrons. The monoisotopic (exact) mass is 381 g/mol. The lowest BCUT2D eigenvalue weighted by Crippen LogP contribution is -2.44. The van der Waals surface area contributed by atoms with Crippen molar-refractivity contribution in [1.82, 2.24) is 25.0 Å². The summed E-state index contributed by atoms with van der Waals surface area (Å²) >= 11 is 1.49. The number of hydrogen-bond acceptors (Lipinski definition) is 5. The van der Waals surface area contributed by atoms with Crippen molar-refractivity contribution in [3.63, 3.8) is 0 Å². The maximum absolute atomic E-state index is 12.8. The van der Waals surface area contributed by atoms with Crippen LogP contribution in [0.15, 0.2) is 41.9 Å². The van der Waals surface area contributed by atoms with Crippen LogP contribution in [0.2, 0.25) is 0 Å². The van der Waals surface area contributed by atoms with Gasteiger partial charge in [-0.3, -0.25) is 9.89 Å². The van der Waals surface area contributed by atoms with Gasteiger partial charge in [-0.15, -0.1) is 11.3 Å². The van der Waals surface area contributed by atoms with E-state index >= 15 is 0 Å². The Hall–Kier alpha value is -2.51. The van der Waals surface area contributed by atoms with E-state index in [0.717, 1.165) is 47.8 Å². The van der Waals surface area contributed by atoms with Gasteiger partial charge in [0.2, 0.25) is 0 Å². The first kappa shape index (κ1) is 17.9. The molecule has 0 atom stereocenters. The summed E-state index contributed by atoms with van der Waals surface area (Å²) in [6, 6.07) is 10.6. The number of benzene rings is 1. The summed E-state index contributed by atoms with van der Waals surface area (Å²) in [7, 11) is 4.20. The van der Waals surface area contributed by atoms with Crippen molar-refractivity contribution in [1.29, 1.82) is 0 Å². The molecule has 0 spiro atoms. The third-order valence-corrected chi connectivity index (χ3v) is 6.01. The first-order valence-corrected chi connectivity index (χ1v) is 10.0. The number of nitrogens with one attached hydrogen (secondary N) is 1. The van der Waals surface area contributed by atoms with E-state index in [4.69, 9.17) is 0 Å². The topological polar surface area (TPSA) is 65.1 Å². The Bertz CT molecular complexity index is 909. The molecule has 0 aliphatic carbocycles. The Morgan fingerprint density at radius 2 is 1.96 bits per heavy atom. The molecule has 1 aliphatic heterocycles. The minimum absolute atomic E-state index is 0.0273. The number of H-pyrrole nitrogens is 1. The van der Waals surface area contributed by atoms with Crippen molar-refractivity contribution >= 4 is 17.2 Å².